The molecule has 2 rings (SSSR count). The molecule has 3 N–H and O–H groups in total. The minimum Gasteiger partial charge on any atom is -0.396 e. The molecule has 2 aromatic rings. The number of aliphatic hydroxyl groups excluding tert-OH is 1. The monoisotopic (exact) mass is 330 g/mol. The van der Waals surface area contributed by atoms with E-state index in [0.29, 0.717) is 13.0 Å². The standard InChI is InChI=1S/C18H26N4O2/c1-14(21-17(24)19-13-18(2,3)8-11-23)15-6-4-7-16(12-15)22-10-5-9-20-22/h4-7,9-10,12,14,23H,8,11,13H2,1-3H3,(H2,19,21,24). The lowest BCUT2D eigenvalue weighted by Crippen LogP contribution is -2.41. The smallest absolute Gasteiger partial charge is 0.315 e. The van der Waals surface area contributed by atoms with Gasteiger partial charge < -0.3 is 15.7 Å². The van der Waals surface area contributed by atoms with Gasteiger partial charge >= 0.3 is 6.03 Å². The minimum atomic E-state index is -0.210. The van der Waals surface area contributed by atoms with Gasteiger partial charge in [-0.25, -0.2) is 9.48 Å². The topological polar surface area (TPSA) is 79.2 Å². The Morgan fingerprint density at radius 1 is 1.38 bits per heavy atom. The Balaban J connectivity index is 1.93. The molecule has 0 aliphatic rings. The molecular weight excluding hydrogens is 304 g/mol. The molecule has 2 amide bonds. The van der Waals surface area contributed by atoms with E-state index in [1.807, 2.05) is 57.3 Å². The van der Waals surface area contributed by atoms with Crippen molar-refractivity contribution in [3.63, 3.8) is 0 Å². The van der Waals surface area contributed by atoms with Gasteiger partial charge in [-0.05, 0) is 42.5 Å². The van der Waals surface area contributed by atoms with Crippen molar-refractivity contribution in [2.45, 2.75) is 33.2 Å². The maximum absolute atomic E-state index is 12.1. The van der Waals surface area contributed by atoms with Crippen molar-refractivity contribution in [2.24, 2.45) is 5.41 Å². The molecule has 1 heterocycles. The van der Waals surface area contributed by atoms with Crippen LogP contribution in [0.3, 0.4) is 0 Å². The Morgan fingerprint density at radius 2 is 2.17 bits per heavy atom. The first-order chi connectivity index (χ1) is 11.4. The second kappa shape index (κ2) is 7.97. The summed E-state index contributed by atoms with van der Waals surface area (Å²) in [5.74, 6) is 0. The molecule has 6 heteroatoms. The van der Waals surface area contributed by atoms with Crippen molar-refractivity contribution in [3.05, 3.63) is 48.3 Å². The van der Waals surface area contributed by atoms with E-state index in [4.69, 9.17) is 5.11 Å². The highest BCUT2D eigenvalue weighted by atomic mass is 16.3. The highest BCUT2D eigenvalue weighted by molar-refractivity contribution is 5.74. The number of nitrogens with one attached hydrogen (secondary N) is 2. The van der Waals surface area contributed by atoms with E-state index < -0.39 is 0 Å². The molecule has 130 valence electrons. The number of hydrogen-bond acceptors (Lipinski definition) is 3. The van der Waals surface area contributed by atoms with Crippen LogP contribution in [-0.2, 0) is 0 Å². The van der Waals surface area contributed by atoms with Crippen LogP contribution in [-0.4, -0.2) is 34.1 Å². The van der Waals surface area contributed by atoms with Crippen LogP contribution in [0, 0.1) is 5.41 Å². The van der Waals surface area contributed by atoms with E-state index in [0.717, 1.165) is 11.3 Å². The summed E-state index contributed by atoms with van der Waals surface area (Å²) in [6.45, 7) is 6.61. The molecule has 0 spiro atoms. The zero-order chi connectivity index (χ0) is 17.6. The maximum atomic E-state index is 12.1. The molecule has 0 fully saturated rings. The van der Waals surface area contributed by atoms with Crippen LogP contribution in [0.15, 0.2) is 42.7 Å². The van der Waals surface area contributed by atoms with Gasteiger partial charge in [-0.2, -0.15) is 5.10 Å². The summed E-state index contributed by atoms with van der Waals surface area (Å²) in [6, 6.07) is 9.45. The van der Waals surface area contributed by atoms with Crippen LogP contribution in [0.1, 0.15) is 38.8 Å². The number of rotatable bonds is 7. The molecule has 0 saturated heterocycles. The summed E-state index contributed by atoms with van der Waals surface area (Å²) in [5, 5.41) is 19.1. The third kappa shape index (κ3) is 5.09. The van der Waals surface area contributed by atoms with Gasteiger partial charge in [0.05, 0.1) is 11.7 Å². The first-order valence-electron chi connectivity index (χ1n) is 8.16. The number of aromatic nitrogens is 2. The lowest BCUT2D eigenvalue weighted by molar-refractivity contribution is 0.200. The predicted octanol–water partition coefficient (Wildman–Crippen LogP) is 2.64. The van der Waals surface area contributed by atoms with Crippen LogP contribution in [0.5, 0.6) is 0 Å². The van der Waals surface area contributed by atoms with Crippen molar-refractivity contribution in [1.29, 1.82) is 0 Å². The van der Waals surface area contributed by atoms with Gasteiger partial charge in [0.25, 0.3) is 0 Å². The van der Waals surface area contributed by atoms with Gasteiger partial charge in [0.15, 0.2) is 0 Å². The quantitative estimate of drug-likeness (QED) is 0.730. The predicted molar refractivity (Wildman–Crippen MR) is 94.0 cm³/mol. The number of hydrogen-bond donors (Lipinski definition) is 3. The summed E-state index contributed by atoms with van der Waals surface area (Å²) >= 11 is 0. The third-order valence-electron chi connectivity index (χ3n) is 4.00. The van der Waals surface area contributed by atoms with Crippen molar-refractivity contribution >= 4 is 6.03 Å². The Labute approximate surface area is 142 Å². The fourth-order valence-electron chi connectivity index (χ4n) is 2.40. The molecule has 24 heavy (non-hydrogen) atoms. The minimum absolute atomic E-state index is 0.118. The number of urea groups is 1. The van der Waals surface area contributed by atoms with Crippen molar-refractivity contribution < 1.29 is 9.90 Å². The number of benzene rings is 1. The fraction of sp³-hybridized carbons (Fsp3) is 0.444. The molecule has 6 nitrogen and oxygen atoms in total. The summed E-state index contributed by atoms with van der Waals surface area (Å²) in [5.41, 5.74) is 1.83. The number of carbonyl (C=O) groups is 1. The molecule has 1 aromatic carbocycles. The highest BCUT2D eigenvalue weighted by Gasteiger charge is 2.19. The SMILES string of the molecule is CC(NC(=O)NCC(C)(C)CCO)c1cccc(-n2cccn2)c1. The first kappa shape index (κ1) is 18.0. The first-order valence-corrected chi connectivity index (χ1v) is 8.16. The Kier molecular flexibility index (Phi) is 5.98. The number of nitrogens with zero attached hydrogens (tertiary/aromatic N) is 2. The van der Waals surface area contributed by atoms with Crippen LogP contribution in [0.4, 0.5) is 4.79 Å². The molecule has 0 bridgehead atoms. The van der Waals surface area contributed by atoms with Gasteiger partial charge in [0.1, 0.15) is 0 Å². The molecule has 0 saturated carbocycles. The Morgan fingerprint density at radius 3 is 2.83 bits per heavy atom. The number of carbonyl (C=O) groups excluding carboxylic acids is 1. The van der Waals surface area contributed by atoms with Crippen LogP contribution < -0.4 is 10.6 Å². The normalized spacial score (nSPS) is 12.7. The Hall–Kier alpha value is -2.34. The summed E-state index contributed by atoms with van der Waals surface area (Å²) < 4.78 is 1.79. The van der Waals surface area contributed by atoms with E-state index in [9.17, 15) is 4.79 Å². The second-order valence-corrected chi connectivity index (χ2v) is 6.73. The molecular formula is C18H26N4O2. The number of amides is 2. The van der Waals surface area contributed by atoms with Crippen molar-refractivity contribution in [2.75, 3.05) is 13.2 Å². The molecule has 0 aliphatic heterocycles. The average Bonchev–Trinajstić information content (AvgIpc) is 3.08. The van der Waals surface area contributed by atoms with Gasteiger partial charge in [-0.15, -0.1) is 0 Å². The highest BCUT2D eigenvalue weighted by Crippen LogP contribution is 2.19. The van der Waals surface area contributed by atoms with Crippen LogP contribution in [0.2, 0.25) is 0 Å². The van der Waals surface area contributed by atoms with Crippen LogP contribution >= 0.6 is 0 Å². The summed E-state index contributed by atoms with van der Waals surface area (Å²) in [6.07, 6.45) is 4.26. The van der Waals surface area contributed by atoms with E-state index >= 15 is 0 Å². The number of aliphatic hydroxyl groups is 1. The summed E-state index contributed by atoms with van der Waals surface area (Å²) in [7, 11) is 0. The third-order valence-corrected chi connectivity index (χ3v) is 4.00. The second-order valence-electron chi connectivity index (χ2n) is 6.73. The zero-order valence-electron chi connectivity index (χ0n) is 14.5. The Bertz CT molecular complexity index is 653. The van der Waals surface area contributed by atoms with Gasteiger partial charge in [-0.3, -0.25) is 0 Å². The van der Waals surface area contributed by atoms with Crippen LogP contribution in [0.25, 0.3) is 5.69 Å². The van der Waals surface area contributed by atoms with Crippen molar-refractivity contribution in [1.82, 2.24) is 20.4 Å². The van der Waals surface area contributed by atoms with E-state index in [1.54, 1.807) is 10.9 Å². The molecule has 1 aromatic heterocycles. The maximum Gasteiger partial charge on any atom is 0.315 e. The average molecular weight is 330 g/mol. The van der Waals surface area contributed by atoms with Gasteiger partial charge in [0.2, 0.25) is 0 Å². The van der Waals surface area contributed by atoms with E-state index in [2.05, 4.69) is 15.7 Å². The molecule has 0 aliphatic carbocycles. The fourth-order valence-corrected chi connectivity index (χ4v) is 2.40. The zero-order valence-corrected chi connectivity index (χ0v) is 14.5. The molecule has 0 radical (unpaired) electrons. The van der Waals surface area contributed by atoms with E-state index in [1.165, 1.54) is 0 Å². The van der Waals surface area contributed by atoms with Gasteiger partial charge in [0, 0.05) is 25.5 Å². The molecule has 1 unspecified atom stereocenters. The lowest BCUT2D eigenvalue weighted by Gasteiger charge is -2.24. The van der Waals surface area contributed by atoms with E-state index in [-0.39, 0.29) is 24.1 Å². The lowest BCUT2D eigenvalue weighted by atomic mass is 9.90. The van der Waals surface area contributed by atoms with Gasteiger partial charge in [-0.1, -0.05) is 26.0 Å². The van der Waals surface area contributed by atoms with Crippen molar-refractivity contribution in [3.8, 4) is 5.69 Å². The molecule has 1 atom stereocenters. The largest absolute Gasteiger partial charge is 0.396 e. The summed E-state index contributed by atoms with van der Waals surface area (Å²) in [4.78, 5) is 12.1.